The number of nitrogens with two attached hydrogens (primary N) is 1. The van der Waals surface area contributed by atoms with E-state index < -0.39 is 5.97 Å². The highest BCUT2D eigenvalue weighted by molar-refractivity contribution is 7.99. The zero-order valence-corrected chi connectivity index (χ0v) is 11.2. The van der Waals surface area contributed by atoms with Crippen LogP contribution in [0.2, 0.25) is 0 Å². The van der Waals surface area contributed by atoms with E-state index in [2.05, 4.69) is 18.8 Å². The Bertz CT molecular complexity index is 394. The second-order valence-corrected chi connectivity index (χ2v) is 5.08. The number of anilines is 1. The number of ether oxygens (including phenoxy) is 1. The Morgan fingerprint density at radius 2 is 2.29 bits per heavy atom. The highest BCUT2D eigenvalue weighted by Crippen LogP contribution is 2.22. The van der Waals surface area contributed by atoms with Crippen molar-refractivity contribution < 1.29 is 9.53 Å². The molecule has 0 aliphatic carbocycles. The van der Waals surface area contributed by atoms with E-state index in [1.807, 2.05) is 0 Å². The van der Waals surface area contributed by atoms with Crippen LogP contribution in [0.15, 0.2) is 17.3 Å². The second kappa shape index (κ2) is 6.49. The fourth-order valence-electron chi connectivity index (χ4n) is 1.16. The summed E-state index contributed by atoms with van der Waals surface area (Å²) in [5.74, 6) is 1.14. The van der Waals surface area contributed by atoms with Crippen LogP contribution in [0.5, 0.6) is 0 Å². The van der Waals surface area contributed by atoms with E-state index in [0.717, 1.165) is 10.8 Å². The third kappa shape index (κ3) is 4.26. The highest BCUT2D eigenvalue weighted by atomic mass is 32.2. The predicted molar refractivity (Wildman–Crippen MR) is 70.2 cm³/mol. The monoisotopic (exact) mass is 254 g/mol. The minimum Gasteiger partial charge on any atom is -0.462 e. The number of hydrogen-bond donors (Lipinski definition) is 1. The lowest BCUT2D eigenvalue weighted by molar-refractivity contribution is 0.0527. The summed E-state index contributed by atoms with van der Waals surface area (Å²) in [6.45, 7) is 6.38. The van der Waals surface area contributed by atoms with Crippen LogP contribution >= 0.6 is 11.8 Å². The molecule has 0 atom stereocenters. The van der Waals surface area contributed by atoms with Gasteiger partial charge in [0.05, 0.1) is 29.1 Å². The van der Waals surface area contributed by atoms with Crippen molar-refractivity contribution in [1.82, 2.24) is 4.98 Å². The molecule has 0 bridgehead atoms. The number of hydrogen-bond acceptors (Lipinski definition) is 5. The van der Waals surface area contributed by atoms with Gasteiger partial charge in [0.25, 0.3) is 0 Å². The molecular weight excluding hydrogens is 236 g/mol. The van der Waals surface area contributed by atoms with Gasteiger partial charge in [0.1, 0.15) is 0 Å². The van der Waals surface area contributed by atoms with Crippen LogP contribution in [0.3, 0.4) is 0 Å². The number of rotatable bonds is 5. The van der Waals surface area contributed by atoms with Gasteiger partial charge in [-0.1, -0.05) is 13.8 Å². The van der Waals surface area contributed by atoms with E-state index in [1.165, 1.54) is 6.20 Å². The molecule has 1 aromatic heterocycles. The number of aromatic nitrogens is 1. The van der Waals surface area contributed by atoms with E-state index in [1.54, 1.807) is 24.8 Å². The largest absolute Gasteiger partial charge is 0.462 e. The number of carbonyl (C=O) groups is 1. The lowest BCUT2D eigenvalue weighted by Crippen LogP contribution is -2.08. The van der Waals surface area contributed by atoms with Gasteiger partial charge in [0.2, 0.25) is 0 Å². The number of pyridine rings is 1. The number of esters is 1. The third-order valence-corrected chi connectivity index (χ3v) is 3.32. The van der Waals surface area contributed by atoms with Crippen LogP contribution in [0.25, 0.3) is 0 Å². The van der Waals surface area contributed by atoms with Crippen molar-refractivity contribution in [3.8, 4) is 0 Å². The summed E-state index contributed by atoms with van der Waals surface area (Å²) in [5.41, 5.74) is 6.46. The molecular formula is C12H18N2O2S. The third-order valence-electron chi connectivity index (χ3n) is 1.97. The van der Waals surface area contributed by atoms with Gasteiger partial charge in [0, 0.05) is 5.75 Å². The predicted octanol–water partition coefficient (Wildman–Crippen LogP) is 2.59. The second-order valence-electron chi connectivity index (χ2n) is 4.04. The smallest absolute Gasteiger partial charge is 0.340 e. The topological polar surface area (TPSA) is 65.2 Å². The number of nitrogen functional groups attached to an aromatic ring is 1. The molecule has 94 valence electrons. The van der Waals surface area contributed by atoms with Crippen molar-refractivity contribution in [1.29, 1.82) is 0 Å². The molecule has 1 heterocycles. The standard InChI is InChI=1S/C12H18N2O2S/c1-4-16-12(15)9-5-11(14-6-10(9)13)17-7-8(2)3/h5-6,8H,4,7,13H2,1-3H3. The van der Waals surface area contributed by atoms with Gasteiger partial charge in [-0.25, -0.2) is 9.78 Å². The van der Waals surface area contributed by atoms with E-state index in [9.17, 15) is 4.79 Å². The molecule has 0 amide bonds. The molecule has 0 spiro atoms. The normalized spacial score (nSPS) is 10.6. The van der Waals surface area contributed by atoms with Crippen LogP contribution < -0.4 is 5.73 Å². The molecule has 2 N–H and O–H groups in total. The van der Waals surface area contributed by atoms with Crippen molar-refractivity contribution in [2.45, 2.75) is 25.8 Å². The molecule has 0 saturated heterocycles. The van der Waals surface area contributed by atoms with Gasteiger partial charge in [-0.15, -0.1) is 11.8 Å². The van der Waals surface area contributed by atoms with Crippen molar-refractivity contribution in [3.05, 3.63) is 17.8 Å². The molecule has 1 rings (SSSR count). The molecule has 0 saturated carbocycles. The minimum atomic E-state index is -0.390. The zero-order chi connectivity index (χ0) is 12.8. The first-order valence-corrected chi connectivity index (χ1v) is 6.58. The van der Waals surface area contributed by atoms with Crippen LogP contribution in [-0.2, 0) is 4.74 Å². The SMILES string of the molecule is CCOC(=O)c1cc(SCC(C)C)ncc1N. The Labute approximate surface area is 106 Å². The Balaban J connectivity index is 2.82. The maximum atomic E-state index is 11.6. The lowest BCUT2D eigenvalue weighted by Gasteiger charge is -2.08. The first kappa shape index (κ1) is 13.8. The van der Waals surface area contributed by atoms with Crippen molar-refractivity contribution in [2.75, 3.05) is 18.1 Å². The summed E-state index contributed by atoms with van der Waals surface area (Å²) in [4.78, 5) is 15.8. The number of carbonyl (C=O) groups excluding carboxylic acids is 1. The van der Waals surface area contributed by atoms with Crippen LogP contribution in [0, 0.1) is 5.92 Å². The molecule has 0 aromatic carbocycles. The summed E-state index contributed by atoms with van der Waals surface area (Å²) < 4.78 is 4.93. The molecule has 0 fully saturated rings. The molecule has 0 aliphatic heterocycles. The lowest BCUT2D eigenvalue weighted by atomic mass is 10.2. The number of nitrogens with zero attached hydrogens (tertiary/aromatic N) is 1. The van der Waals surface area contributed by atoms with Crippen molar-refractivity contribution in [3.63, 3.8) is 0 Å². The molecule has 0 radical (unpaired) electrons. The summed E-state index contributed by atoms with van der Waals surface area (Å²) in [6.07, 6.45) is 1.51. The first-order chi connectivity index (χ1) is 8.04. The van der Waals surface area contributed by atoms with E-state index in [0.29, 0.717) is 23.8 Å². The molecule has 1 aromatic rings. The number of thioether (sulfide) groups is 1. The van der Waals surface area contributed by atoms with E-state index in [-0.39, 0.29) is 0 Å². The Hall–Kier alpha value is -1.23. The van der Waals surface area contributed by atoms with Gasteiger partial charge in [-0.2, -0.15) is 0 Å². The first-order valence-electron chi connectivity index (χ1n) is 5.60. The molecule has 0 aliphatic rings. The van der Waals surface area contributed by atoms with Gasteiger partial charge in [-0.3, -0.25) is 0 Å². The molecule has 4 nitrogen and oxygen atoms in total. The zero-order valence-electron chi connectivity index (χ0n) is 10.4. The average Bonchev–Trinajstić information content (AvgIpc) is 2.28. The maximum absolute atomic E-state index is 11.6. The van der Waals surface area contributed by atoms with Gasteiger partial charge < -0.3 is 10.5 Å². The highest BCUT2D eigenvalue weighted by Gasteiger charge is 2.12. The molecule has 5 heteroatoms. The van der Waals surface area contributed by atoms with Crippen LogP contribution in [-0.4, -0.2) is 23.3 Å². The van der Waals surface area contributed by atoms with Crippen LogP contribution in [0.1, 0.15) is 31.1 Å². The fourth-order valence-corrected chi connectivity index (χ4v) is 2.00. The fraction of sp³-hybridized carbons (Fsp3) is 0.500. The summed E-state index contributed by atoms with van der Waals surface area (Å²) >= 11 is 1.61. The summed E-state index contributed by atoms with van der Waals surface area (Å²) in [6, 6.07) is 1.69. The molecule has 0 unspecified atom stereocenters. The van der Waals surface area contributed by atoms with Gasteiger partial charge in [-0.05, 0) is 18.9 Å². The Kier molecular flexibility index (Phi) is 5.28. The summed E-state index contributed by atoms with van der Waals surface area (Å²) in [5, 5.41) is 0.802. The molecule has 17 heavy (non-hydrogen) atoms. The Morgan fingerprint density at radius 3 is 2.88 bits per heavy atom. The van der Waals surface area contributed by atoms with Crippen LogP contribution in [0.4, 0.5) is 5.69 Å². The van der Waals surface area contributed by atoms with E-state index >= 15 is 0 Å². The average molecular weight is 254 g/mol. The van der Waals surface area contributed by atoms with Gasteiger partial charge >= 0.3 is 5.97 Å². The van der Waals surface area contributed by atoms with Crippen molar-refractivity contribution in [2.24, 2.45) is 5.92 Å². The minimum absolute atomic E-state index is 0.342. The maximum Gasteiger partial charge on any atom is 0.340 e. The Morgan fingerprint density at radius 1 is 1.59 bits per heavy atom. The summed E-state index contributed by atoms with van der Waals surface area (Å²) in [7, 11) is 0. The van der Waals surface area contributed by atoms with Crippen molar-refractivity contribution >= 4 is 23.4 Å². The quantitative estimate of drug-likeness (QED) is 0.646. The van der Waals surface area contributed by atoms with E-state index in [4.69, 9.17) is 10.5 Å². The van der Waals surface area contributed by atoms with Gasteiger partial charge in [0.15, 0.2) is 0 Å².